The summed E-state index contributed by atoms with van der Waals surface area (Å²) in [4.78, 5) is 32.0. The maximum absolute atomic E-state index is 13.9. The Hall–Kier alpha value is -2.88. The Bertz CT molecular complexity index is 1890. The minimum atomic E-state index is -0.671. The van der Waals surface area contributed by atoms with Crippen LogP contribution < -0.4 is 19.6 Å². The minimum Gasteiger partial charge on any atom is -0.486 e. The first-order chi connectivity index (χ1) is 20.1. The van der Waals surface area contributed by atoms with Crippen LogP contribution in [0.2, 0.25) is 15.1 Å². The topological polar surface area (TPSA) is 69.9 Å². The van der Waals surface area contributed by atoms with Crippen molar-refractivity contribution < 1.29 is 14.3 Å². The fourth-order valence-electron chi connectivity index (χ4n) is 4.59. The number of carbonyl (C=O) groups is 1. The normalized spacial score (nSPS) is 14.9. The molecule has 216 valence electrons. The van der Waals surface area contributed by atoms with Gasteiger partial charge in [0.05, 0.1) is 48.0 Å². The van der Waals surface area contributed by atoms with Crippen molar-refractivity contribution >= 4 is 74.1 Å². The zero-order valence-corrected chi connectivity index (χ0v) is 27.4. The van der Waals surface area contributed by atoms with Crippen LogP contribution >= 0.6 is 62.1 Å². The molecule has 0 spiro atoms. The van der Waals surface area contributed by atoms with Crippen molar-refractivity contribution in [3.05, 3.63) is 127 Å². The highest BCUT2D eigenvalue weighted by Crippen LogP contribution is 2.36. The number of allylic oxidation sites excluding steroid dienone is 1. The Morgan fingerprint density at radius 2 is 1.79 bits per heavy atom. The third-order valence-electron chi connectivity index (χ3n) is 6.60. The van der Waals surface area contributed by atoms with Crippen LogP contribution in [0.5, 0.6) is 5.75 Å². The molecule has 5 rings (SSSR count). The lowest BCUT2D eigenvalue weighted by molar-refractivity contribution is -0.139. The number of nitrogens with zero attached hydrogens (tertiary/aromatic N) is 2. The molecule has 42 heavy (non-hydrogen) atoms. The van der Waals surface area contributed by atoms with Gasteiger partial charge in [0, 0.05) is 0 Å². The molecule has 0 N–H and O–H groups in total. The number of aromatic nitrogens is 1. The SMILES string of the molecule is CCOC(=O)C1=C(C)N=c2s/c(=C/c3cc(Cl)c(OCc4ccc(Cl)c(Cl)c4)c(Br)c3)c(=O)n2[C@H]1c1ccc(C)cc1. The molecule has 0 radical (unpaired) electrons. The molecule has 6 nitrogen and oxygen atoms in total. The summed E-state index contributed by atoms with van der Waals surface area (Å²) >= 11 is 23.5. The lowest BCUT2D eigenvalue weighted by Gasteiger charge is -2.24. The molecule has 0 fully saturated rings. The van der Waals surface area contributed by atoms with E-state index >= 15 is 0 Å². The third-order valence-corrected chi connectivity index (χ3v) is 9.19. The number of hydrogen-bond donors (Lipinski definition) is 0. The number of benzene rings is 3. The van der Waals surface area contributed by atoms with E-state index in [9.17, 15) is 9.59 Å². The van der Waals surface area contributed by atoms with E-state index in [-0.39, 0.29) is 18.8 Å². The van der Waals surface area contributed by atoms with Gasteiger partial charge >= 0.3 is 5.97 Å². The van der Waals surface area contributed by atoms with Gasteiger partial charge in [0.2, 0.25) is 0 Å². The van der Waals surface area contributed by atoms with E-state index < -0.39 is 12.0 Å². The summed E-state index contributed by atoms with van der Waals surface area (Å²) in [5.74, 6) is -0.0406. The van der Waals surface area contributed by atoms with Gasteiger partial charge in [-0.2, -0.15) is 0 Å². The van der Waals surface area contributed by atoms with Gasteiger partial charge in [-0.25, -0.2) is 9.79 Å². The summed E-state index contributed by atoms with van der Waals surface area (Å²) in [5, 5.41) is 1.27. The van der Waals surface area contributed by atoms with Crippen LogP contribution in [-0.2, 0) is 16.1 Å². The maximum Gasteiger partial charge on any atom is 0.338 e. The summed E-state index contributed by atoms with van der Waals surface area (Å²) in [6, 6.07) is 15.9. The molecular formula is C31H24BrCl3N2O4S. The van der Waals surface area contributed by atoms with Crippen molar-refractivity contribution in [3.63, 3.8) is 0 Å². The summed E-state index contributed by atoms with van der Waals surface area (Å²) in [6.45, 7) is 5.93. The molecule has 0 saturated heterocycles. The molecular weight excluding hydrogens is 683 g/mol. The molecule has 0 unspecified atom stereocenters. The molecule has 1 aliphatic rings. The third kappa shape index (κ3) is 6.24. The van der Waals surface area contributed by atoms with Gasteiger partial charge in [0.1, 0.15) is 6.61 Å². The molecule has 4 aromatic rings. The Kier molecular flexibility index (Phi) is 9.30. The zero-order chi connectivity index (χ0) is 30.1. The molecule has 2 heterocycles. The Labute approximate surface area is 269 Å². The smallest absolute Gasteiger partial charge is 0.338 e. The summed E-state index contributed by atoms with van der Waals surface area (Å²) < 4.78 is 13.9. The highest BCUT2D eigenvalue weighted by atomic mass is 79.9. The van der Waals surface area contributed by atoms with E-state index in [1.165, 1.54) is 11.3 Å². The standard InChI is InChI=1S/C31H24BrCl3N2O4S/c1-4-40-30(39)26-17(3)36-31-37(27(26)20-8-5-16(2)6-9-20)29(38)25(42-31)14-19-11-21(32)28(24(35)13-19)41-15-18-7-10-22(33)23(34)12-18/h5-14,27H,4,15H2,1-3H3/b25-14+/t27-/m0/s1. The van der Waals surface area contributed by atoms with Crippen molar-refractivity contribution in [3.8, 4) is 5.75 Å². The number of esters is 1. The summed E-state index contributed by atoms with van der Waals surface area (Å²) in [5.41, 5.74) is 3.96. The first kappa shape index (κ1) is 30.6. The molecule has 0 amide bonds. The first-order valence-corrected chi connectivity index (χ1v) is 15.6. The number of rotatable bonds is 7. The van der Waals surface area contributed by atoms with Crippen LogP contribution in [0.25, 0.3) is 6.08 Å². The number of carbonyl (C=O) groups excluding carboxylic acids is 1. The van der Waals surface area contributed by atoms with Crippen molar-refractivity contribution in [2.24, 2.45) is 4.99 Å². The maximum atomic E-state index is 13.9. The van der Waals surface area contributed by atoms with Crippen LogP contribution in [0.15, 0.2) is 80.1 Å². The van der Waals surface area contributed by atoms with E-state index in [1.54, 1.807) is 42.7 Å². The van der Waals surface area contributed by atoms with Crippen LogP contribution in [0.1, 0.15) is 42.1 Å². The van der Waals surface area contributed by atoms with Crippen molar-refractivity contribution in [1.82, 2.24) is 4.57 Å². The van der Waals surface area contributed by atoms with Gasteiger partial charge in [-0.3, -0.25) is 9.36 Å². The second-order valence-corrected chi connectivity index (χ2v) is 12.6. The average molecular weight is 707 g/mol. The van der Waals surface area contributed by atoms with Crippen molar-refractivity contribution in [1.29, 1.82) is 0 Å². The van der Waals surface area contributed by atoms with Crippen LogP contribution in [0.4, 0.5) is 0 Å². The Morgan fingerprint density at radius 1 is 1.05 bits per heavy atom. The minimum absolute atomic E-state index is 0.212. The lowest BCUT2D eigenvalue weighted by Crippen LogP contribution is -2.39. The number of halogens is 4. The second kappa shape index (κ2) is 12.8. The first-order valence-electron chi connectivity index (χ1n) is 12.9. The summed E-state index contributed by atoms with van der Waals surface area (Å²) in [6.07, 6.45) is 1.75. The Morgan fingerprint density at radius 3 is 2.45 bits per heavy atom. The predicted molar refractivity (Wildman–Crippen MR) is 172 cm³/mol. The fraction of sp³-hybridized carbons (Fsp3) is 0.194. The summed E-state index contributed by atoms with van der Waals surface area (Å²) in [7, 11) is 0. The molecule has 0 bridgehead atoms. The predicted octanol–water partition coefficient (Wildman–Crippen LogP) is 7.41. The quantitative estimate of drug-likeness (QED) is 0.188. The van der Waals surface area contributed by atoms with E-state index in [0.717, 1.165) is 16.7 Å². The van der Waals surface area contributed by atoms with Gasteiger partial charge in [0.15, 0.2) is 10.6 Å². The van der Waals surface area contributed by atoms with Crippen molar-refractivity contribution in [2.75, 3.05) is 6.61 Å². The van der Waals surface area contributed by atoms with E-state index in [4.69, 9.17) is 44.3 Å². The van der Waals surface area contributed by atoms with E-state index in [2.05, 4.69) is 20.9 Å². The van der Waals surface area contributed by atoms with E-state index in [1.807, 2.05) is 43.3 Å². The molecule has 0 saturated carbocycles. The highest BCUT2D eigenvalue weighted by molar-refractivity contribution is 9.10. The molecule has 1 atom stereocenters. The number of hydrogen-bond acceptors (Lipinski definition) is 6. The highest BCUT2D eigenvalue weighted by Gasteiger charge is 2.33. The number of fused-ring (bicyclic) bond motifs is 1. The molecule has 1 aromatic heterocycles. The second-order valence-electron chi connectivity index (χ2n) is 9.56. The fourth-order valence-corrected chi connectivity index (χ4v) is 6.95. The lowest BCUT2D eigenvalue weighted by atomic mass is 9.95. The largest absolute Gasteiger partial charge is 0.486 e. The van der Waals surface area contributed by atoms with Crippen LogP contribution in [0, 0.1) is 6.92 Å². The van der Waals surface area contributed by atoms with Crippen LogP contribution in [0.3, 0.4) is 0 Å². The van der Waals surface area contributed by atoms with Crippen molar-refractivity contribution in [2.45, 2.75) is 33.4 Å². The molecule has 3 aromatic carbocycles. The molecule has 1 aliphatic heterocycles. The number of thiazole rings is 1. The number of aryl methyl sites for hydroxylation is 1. The molecule has 0 aliphatic carbocycles. The van der Waals surface area contributed by atoms with Gasteiger partial charge in [-0.15, -0.1) is 0 Å². The van der Waals surface area contributed by atoms with Gasteiger partial charge < -0.3 is 9.47 Å². The average Bonchev–Trinajstić information content (AvgIpc) is 3.24. The monoisotopic (exact) mass is 704 g/mol. The molecule has 11 heteroatoms. The van der Waals surface area contributed by atoms with Gasteiger partial charge in [-0.1, -0.05) is 82.0 Å². The van der Waals surface area contributed by atoms with Crippen LogP contribution in [-0.4, -0.2) is 17.1 Å². The Balaban J connectivity index is 1.54. The zero-order valence-electron chi connectivity index (χ0n) is 22.7. The van der Waals surface area contributed by atoms with E-state index in [0.29, 0.717) is 51.5 Å². The van der Waals surface area contributed by atoms with Gasteiger partial charge in [0.25, 0.3) is 5.56 Å². The number of ether oxygens (including phenoxy) is 2. The van der Waals surface area contributed by atoms with Gasteiger partial charge in [-0.05, 0) is 83.7 Å².